The third kappa shape index (κ3) is 2.31. The minimum absolute atomic E-state index is 0.537. The molecule has 0 saturated heterocycles. The van der Waals surface area contributed by atoms with E-state index in [1.165, 1.54) is 87.3 Å². The lowest BCUT2D eigenvalue weighted by molar-refractivity contribution is 0.809. The topological polar surface area (TPSA) is 8.82 Å². The van der Waals surface area contributed by atoms with Crippen molar-refractivity contribution in [3.05, 3.63) is 114 Å². The van der Waals surface area contributed by atoms with E-state index in [2.05, 4.69) is 125 Å². The number of nitrogens with zero attached hydrogens (tertiary/aromatic N) is 2. The summed E-state index contributed by atoms with van der Waals surface area (Å²) in [5.41, 5.74) is 12.0. The standard InChI is InChI=1S/C37H24N2/c1-21-13-16-28-30-19-22(15-18-33(30)38-32-12-5-3-8-29(32)35(21)37(28)38)23-14-17-25-27-10-6-9-26-24-7-2-4-11-31(24)39(36(26)27)34(25)20-23/h2-12,14-21H,13H2,1H3. The van der Waals surface area contributed by atoms with Crippen LogP contribution in [0.25, 0.3) is 82.6 Å². The Morgan fingerprint density at radius 3 is 1.97 bits per heavy atom. The average molecular weight is 497 g/mol. The van der Waals surface area contributed by atoms with Gasteiger partial charge in [-0.25, -0.2) is 0 Å². The smallest absolute Gasteiger partial charge is 0.0620 e. The highest BCUT2D eigenvalue weighted by Crippen LogP contribution is 2.41. The fourth-order valence-corrected chi connectivity index (χ4v) is 7.76. The largest absolute Gasteiger partial charge is 0.308 e. The van der Waals surface area contributed by atoms with Gasteiger partial charge >= 0.3 is 0 Å². The highest BCUT2D eigenvalue weighted by atomic mass is 14.9. The van der Waals surface area contributed by atoms with Crippen molar-refractivity contribution in [2.45, 2.75) is 19.3 Å². The summed E-state index contributed by atoms with van der Waals surface area (Å²) in [6, 6.07) is 38.6. The summed E-state index contributed by atoms with van der Waals surface area (Å²) in [6.07, 6.45) is 3.56. The quantitative estimate of drug-likeness (QED) is 0.214. The van der Waals surface area contributed by atoms with Crippen LogP contribution in [0.4, 0.5) is 0 Å². The third-order valence-corrected chi connectivity index (χ3v) is 9.42. The van der Waals surface area contributed by atoms with Crippen molar-refractivity contribution < 1.29 is 0 Å². The zero-order chi connectivity index (χ0) is 25.4. The normalized spacial score (nSPS) is 15.7. The Bertz CT molecular complexity index is 2540. The van der Waals surface area contributed by atoms with Gasteiger partial charge in [-0.3, -0.25) is 0 Å². The van der Waals surface area contributed by atoms with Gasteiger partial charge in [0.1, 0.15) is 0 Å². The van der Waals surface area contributed by atoms with Crippen molar-refractivity contribution in [1.82, 2.24) is 8.80 Å². The van der Waals surface area contributed by atoms with Crippen LogP contribution < -0.4 is 5.22 Å². The van der Waals surface area contributed by atoms with Crippen molar-refractivity contribution in [2.75, 3.05) is 0 Å². The number of para-hydroxylation sites is 3. The van der Waals surface area contributed by atoms with Crippen LogP contribution in [-0.2, 0) is 0 Å². The lowest BCUT2D eigenvalue weighted by atomic mass is 9.90. The number of hydrogen-bond donors (Lipinski definition) is 0. The van der Waals surface area contributed by atoms with Gasteiger partial charge < -0.3 is 8.80 Å². The molecule has 0 fully saturated rings. The Morgan fingerprint density at radius 1 is 0.513 bits per heavy atom. The van der Waals surface area contributed by atoms with Crippen LogP contribution in [0.3, 0.4) is 0 Å². The van der Waals surface area contributed by atoms with Crippen molar-refractivity contribution >= 4 is 71.5 Å². The molecule has 1 atom stereocenters. The fourth-order valence-electron chi connectivity index (χ4n) is 7.76. The van der Waals surface area contributed by atoms with E-state index in [4.69, 9.17) is 0 Å². The van der Waals surface area contributed by atoms with Gasteiger partial charge in [0.2, 0.25) is 0 Å². The van der Waals surface area contributed by atoms with Gasteiger partial charge in [0.05, 0.1) is 33.1 Å². The predicted molar refractivity (Wildman–Crippen MR) is 165 cm³/mol. The third-order valence-electron chi connectivity index (χ3n) is 9.42. The van der Waals surface area contributed by atoms with Crippen LogP contribution in [0.5, 0.6) is 0 Å². The molecule has 10 rings (SSSR count). The van der Waals surface area contributed by atoms with E-state index >= 15 is 0 Å². The number of aromatic nitrogens is 2. The second-order valence-electron chi connectivity index (χ2n) is 11.4. The van der Waals surface area contributed by atoms with Gasteiger partial charge in [-0.15, -0.1) is 0 Å². The zero-order valence-corrected chi connectivity index (χ0v) is 21.6. The summed E-state index contributed by atoms with van der Waals surface area (Å²) in [5, 5.41) is 9.49. The molecule has 0 saturated carbocycles. The summed E-state index contributed by atoms with van der Waals surface area (Å²) < 4.78 is 4.98. The Labute approximate surface area is 224 Å². The highest BCUT2D eigenvalue weighted by molar-refractivity contribution is 6.23. The van der Waals surface area contributed by atoms with E-state index in [0.717, 1.165) is 6.42 Å². The molecule has 0 amide bonds. The molecule has 0 aliphatic heterocycles. The second-order valence-corrected chi connectivity index (χ2v) is 11.4. The molecule has 1 aliphatic rings. The van der Waals surface area contributed by atoms with Crippen molar-refractivity contribution in [1.29, 1.82) is 0 Å². The van der Waals surface area contributed by atoms with E-state index in [0.29, 0.717) is 5.92 Å². The first-order chi connectivity index (χ1) is 19.3. The zero-order valence-electron chi connectivity index (χ0n) is 21.6. The molecule has 1 unspecified atom stereocenters. The number of hydrogen-bond acceptors (Lipinski definition) is 0. The molecular formula is C37H24N2. The first-order valence-corrected chi connectivity index (χ1v) is 13.9. The van der Waals surface area contributed by atoms with Gasteiger partial charge in [-0.2, -0.15) is 0 Å². The molecular weight excluding hydrogens is 472 g/mol. The van der Waals surface area contributed by atoms with Crippen LogP contribution in [0.15, 0.2) is 103 Å². The van der Waals surface area contributed by atoms with Crippen LogP contribution in [-0.4, -0.2) is 8.80 Å². The van der Waals surface area contributed by atoms with Crippen LogP contribution in [0, 0.1) is 0 Å². The van der Waals surface area contributed by atoms with Gasteiger partial charge in [-0.1, -0.05) is 85.8 Å². The van der Waals surface area contributed by atoms with Crippen molar-refractivity contribution in [3.8, 4) is 11.1 Å². The van der Waals surface area contributed by atoms with E-state index in [9.17, 15) is 0 Å². The molecule has 0 radical (unpaired) electrons. The minimum Gasteiger partial charge on any atom is -0.308 e. The van der Waals surface area contributed by atoms with E-state index in [1.807, 2.05) is 0 Å². The molecule has 9 aromatic rings. The molecule has 2 nitrogen and oxygen atoms in total. The SMILES string of the molecule is CC1CC=c2c3cc(-c4ccc5c6cccc7c8ccccc8n(c5c4)c76)ccc3n3c2c1c1ccccc13. The molecule has 4 heterocycles. The minimum atomic E-state index is 0.537. The van der Waals surface area contributed by atoms with Crippen LogP contribution in [0.1, 0.15) is 24.8 Å². The molecule has 2 heteroatoms. The summed E-state index contributed by atoms with van der Waals surface area (Å²) in [5.74, 6) is 0.537. The van der Waals surface area contributed by atoms with E-state index in [-0.39, 0.29) is 0 Å². The van der Waals surface area contributed by atoms with Crippen molar-refractivity contribution in [3.63, 3.8) is 0 Å². The second kappa shape index (κ2) is 6.78. The maximum atomic E-state index is 2.51. The maximum absolute atomic E-state index is 2.51. The Morgan fingerprint density at radius 2 is 1.13 bits per heavy atom. The Balaban J connectivity index is 1.28. The predicted octanol–water partition coefficient (Wildman–Crippen LogP) is 9.07. The Kier molecular flexibility index (Phi) is 3.51. The molecule has 4 aromatic heterocycles. The summed E-state index contributed by atoms with van der Waals surface area (Å²) in [4.78, 5) is 0. The van der Waals surface area contributed by atoms with Crippen LogP contribution in [0.2, 0.25) is 0 Å². The maximum Gasteiger partial charge on any atom is 0.0620 e. The first kappa shape index (κ1) is 20.2. The molecule has 1 aliphatic carbocycles. The lowest BCUT2D eigenvalue weighted by Gasteiger charge is -2.12. The molecule has 0 bridgehead atoms. The summed E-state index contributed by atoms with van der Waals surface area (Å²) in [6.45, 7) is 2.37. The average Bonchev–Trinajstić information content (AvgIpc) is 3.70. The fraction of sp³-hybridized carbons (Fsp3) is 0.0811. The van der Waals surface area contributed by atoms with E-state index in [1.54, 1.807) is 0 Å². The summed E-state index contributed by atoms with van der Waals surface area (Å²) in [7, 11) is 0. The first-order valence-electron chi connectivity index (χ1n) is 13.9. The molecule has 0 N–H and O–H groups in total. The van der Waals surface area contributed by atoms with Gasteiger partial charge in [0.25, 0.3) is 0 Å². The molecule has 5 aromatic carbocycles. The van der Waals surface area contributed by atoms with Crippen molar-refractivity contribution in [2.24, 2.45) is 0 Å². The van der Waals surface area contributed by atoms with Gasteiger partial charge in [-0.05, 0) is 59.4 Å². The highest BCUT2D eigenvalue weighted by Gasteiger charge is 2.24. The van der Waals surface area contributed by atoms with Gasteiger partial charge in [0.15, 0.2) is 0 Å². The van der Waals surface area contributed by atoms with Gasteiger partial charge in [0, 0.05) is 37.5 Å². The number of fused-ring (bicyclic) bond motifs is 12. The molecule has 39 heavy (non-hydrogen) atoms. The van der Waals surface area contributed by atoms with Crippen LogP contribution >= 0.6 is 0 Å². The Hall–Kier alpha value is -4.82. The monoisotopic (exact) mass is 496 g/mol. The summed E-state index contributed by atoms with van der Waals surface area (Å²) >= 11 is 0. The lowest BCUT2D eigenvalue weighted by Crippen LogP contribution is -2.08. The molecule has 182 valence electrons. The molecule has 0 spiro atoms. The number of benzene rings is 5. The number of rotatable bonds is 1. The van der Waals surface area contributed by atoms with E-state index < -0.39 is 0 Å².